The Morgan fingerprint density at radius 2 is 2.07 bits per heavy atom. The van der Waals surface area contributed by atoms with Gasteiger partial charge in [-0.15, -0.1) is 0 Å². The summed E-state index contributed by atoms with van der Waals surface area (Å²) in [5.41, 5.74) is 0. The average molecular weight is 199 g/mol. The molecule has 0 heterocycles. The largest absolute Gasteiger partial charge is 0.380 e. The summed E-state index contributed by atoms with van der Waals surface area (Å²) < 4.78 is 5.47. The maximum Gasteiger partial charge on any atom is 0.0591 e. The highest BCUT2D eigenvalue weighted by molar-refractivity contribution is 4.72. The summed E-state index contributed by atoms with van der Waals surface area (Å²) in [5, 5.41) is 3.42. The number of rotatable bonds is 9. The van der Waals surface area contributed by atoms with E-state index in [0.29, 0.717) is 5.92 Å². The van der Waals surface area contributed by atoms with Gasteiger partial charge in [-0.2, -0.15) is 0 Å². The molecule has 84 valence electrons. The molecule has 0 aromatic heterocycles. The molecule has 0 aromatic rings. The molecule has 0 spiro atoms. The zero-order chi connectivity index (χ0) is 10.2. The van der Waals surface area contributed by atoms with Crippen molar-refractivity contribution in [2.24, 2.45) is 11.8 Å². The molecule has 0 amide bonds. The zero-order valence-corrected chi connectivity index (χ0v) is 9.72. The van der Waals surface area contributed by atoms with E-state index in [1.54, 1.807) is 0 Å². The van der Waals surface area contributed by atoms with E-state index >= 15 is 0 Å². The van der Waals surface area contributed by atoms with E-state index in [2.05, 4.69) is 19.2 Å². The molecule has 0 atom stereocenters. The first-order chi connectivity index (χ1) is 6.79. The van der Waals surface area contributed by atoms with Crippen LogP contribution in [0.15, 0.2) is 0 Å². The summed E-state index contributed by atoms with van der Waals surface area (Å²) in [4.78, 5) is 0. The van der Waals surface area contributed by atoms with Crippen LogP contribution in [0, 0.1) is 11.8 Å². The van der Waals surface area contributed by atoms with Crippen molar-refractivity contribution in [1.82, 2.24) is 5.32 Å². The number of nitrogens with one attached hydrogen (secondary N) is 1. The highest BCUT2D eigenvalue weighted by atomic mass is 16.5. The topological polar surface area (TPSA) is 21.3 Å². The van der Waals surface area contributed by atoms with Crippen molar-refractivity contribution in [3.8, 4) is 0 Å². The highest BCUT2D eigenvalue weighted by Crippen LogP contribution is 2.33. The molecule has 0 bridgehead atoms. The molecule has 1 saturated carbocycles. The Labute approximate surface area is 88.4 Å². The van der Waals surface area contributed by atoms with Crippen LogP contribution < -0.4 is 5.32 Å². The molecular weight excluding hydrogens is 174 g/mol. The molecule has 1 aliphatic carbocycles. The van der Waals surface area contributed by atoms with Crippen molar-refractivity contribution in [2.75, 3.05) is 26.3 Å². The lowest BCUT2D eigenvalue weighted by atomic mass is 10.2. The fourth-order valence-corrected chi connectivity index (χ4v) is 1.51. The van der Waals surface area contributed by atoms with E-state index in [9.17, 15) is 0 Å². The third-order valence-electron chi connectivity index (χ3n) is 2.54. The fraction of sp³-hybridized carbons (Fsp3) is 1.00. The quantitative estimate of drug-likeness (QED) is 0.576. The van der Waals surface area contributed by atoms with Crippen molar-refractivity contribution in [1.29, 1.82) is 0 Å². The summed E-state index contributed by atoms with van der Waals surface area (Å²) in [7, 11) is 0. The molecule has 0 aromatic carbocycles. The molecule has 1 aliphatic rings. The molecule has 0 aliphatic heterocycles. The Kier molecular flexibility index (Phi) is 6.20. The van der Waals surface area contributed by atoms with Crippen LogP contribution in [0.4, 0.5) is 0 Å². The van der Waals surface area contributed by atoms with Gasteiger partial charge in [0, 0.05) is 13.2 Å². The van der Waals surface area contributed by atoms with Crippen LogP contribution in [0.5, 0.6) is 0 Å². The van der Waals surface area contributed by atoms with Crippen LogP contribution in [0.1, 0.15) is 39.5 Å². The standard InChI is InChI=1S/C12H25NO/c1-11(2)10-14-9-8-13-7-3-4-12-5-6-12/h11-13H,3-10H2,1-2H3. The van der Waals surface area contributed by atoms with Crippen LogP contribution in [-0.2, 0) is 4.74 Å². The van der Waals surface area contributed by atoms with E-state index in [-0.39, 0.29) is 0 Å². The number of hydrogen-bond acceptors (Lipinski definition) is 2. The molecule has 1 fully saturated rings. The molecule has 0 unspecified atom stereocenters. The monoisotopic (exact) mass is 199 g/mol. The zero-order valence-electron chi connectivity index (χ0n) is 9.72. The summed E-state index contributed by atoms with van der Waals surface area (Å²) in [6.07, 6.45) is 5.74. The summed E-state index contributed by atoms with van der Waals surface area (Å²) >= 11 is 0. The number of ether oxygens (including phenoxy) is 1. The molecule has 14 heavy (non-hydrogen) atoms. The lowest BCUT2D eigenvalue weighted by Crippen LogP contribution is -2.21. The second kappa shape index (κ2) is 7.24. The van der Waals surface area contributed by atoms with Crippen molar-refractivity contribution < 1.29 is 4.74 Å². The minimum Gasteiger partial charge on any atom is -0.380 e. The summed E-state index contributed by atoms with van der Waals surface area (Å²) in [6, 6.07) is 0. The molecule has 2 heteroatoms. The van der Waals surface area contributed by atoms with Gasteiger partial charge in [0.2, 0.25) is 0 Å². The third kappa shape index (κ3) is 7.34. The van der Waals surface area contributed by atoms with Gasteiger partial charge in [-0.1, -0.05) is 26.7 Å². The first-order valence-corrected chi connectivity index (χ1v) is 6.07. The predicted octanol–water partition coefficient (Wildman–Crippen LogP) is 2.44. The van der Waals surface area contributed by atoms with Gasteiger partial charge in [-0.05, 0) is 31.2 Å². The van der Waals surface area contributed by atoms with Crippen molar-refractivity contribution in [2.45, 2.75) is 39.5 Å². The number of hydrogen-bond donors (Lipinski definition) is 1. The molecular formula is C12H25NO. The van der Waals surface area contributed by atoms with E-state index in [0.717, 1.165) is 25.7 Å². The van der Waals surface area contributed by atoms with E-state index < -0.39 is 0 Å². The van der Waals surface area contributed by atoms with Gasteiger partial charge >= 0.3 is 0 Å². The van der Waals surface area contributed by atoms with E-state index in [4.69, 9.17) is 4.74 Å². The predicted molar refractivity (Wildman–Crippen MR) is 60.5 cm³/mol. The Morgan fingerprint density at radius 3 is 2.71 bits per heavy atom. The Bertz CT molecular complexity index is 124. The maximum absolute atomic E-state index is 5.47. The Hall–Kier alpha value is -0.0800. The van der Waals surface area contributed by atoms with Gasteiger partial charge < -0.3 is 10.1 Å². The Balaban J connectivity index is 1.66. The maximum atomic E-state index is 5.47. The Morgan fingerprint density at radius 1 is 1.29 bits per heavy atom. The van der Waals surface area contributed by atoms with Crippen LogP contribution in [0.25, 0.3) is 0 Å². The average Bonchev–Trinajstić information content (AvgIpc) is 2.92. The van der Waals surface area contributed by atoms with Crippen LogP contribution in [0.2, 0.25) is 0 Å². The second-order valence-electron chi connectivity index (χ2n) is 4.80. The molecule has 1 N–H and O–H groups in total. The van der Waals surface area contributed by atoms with Gasteiger partial charge in [0.15, 0.2) is 0 Å². The summed E-state index contributed by atoms with van der Waals surface area (Å²) in [6.45, 7) is 8.30. The fourth-order valence-electron chi connectivity index (χ4n) is 1.51. The molecule has 1 rings (SSSR count). The molecule has 0 saturated heterocycles. The smallest absolute Gasteiger partial charge is 0.0591 e. The molecule has 2 nitrogen and oxygen atoms in total. The molecule has 0 radical (unpaired) electrons. The van der Waals surface area contributed by atoms with Gasteiger partial charge in [0.25, 0.3) is 0 Å². The van der Waals surface area contributed by atoms with Gasteiger partial charge in [-0.25, -0.2) is 0 Å². The van der Waals surface area contributed by atoms with Gasteiger partial charge in [-0.3, -0.25) is 0 Å². The van der Waals surface area contributed by atoms with Crippen molar-refractivity contribution >= 4 is 0 Å². The second-order valence-corrected chi connectivity index (χ2v) is 4.80. The minimum absolute atomic E-state index is 0.657. The van der Waals surface area contributed by atoms with E-state index in [1.807, 2.05) is 0 Å². The lowest BCUT2D eigenvalue weighted by Gasteiger charge is -2.07. The first kappa shape index (κ1) is 12.0. The van der Waals surface area contributed by atoms with Crippen molar-refractivity contribution in [3.63, 3.8) is 0 Å². The van der Waals surface area contributed by atoms with Gasteiger partial charge in [0.05, 0.1) is 6.61 Å². The highest BCUT2D eigenvalue weighted by Gasteiger charge is 2.19. The van der Waals surface area contributed by atoms with Crippen LogP contribution >= 0.6 is 0 Å². The SMILES string of the molecule is CC(C)COCCNCCCC1CC1. The normalized spacial score (nSPS) is 16.5. The van der Waals surface area contributed by atoms with Crippen LogP contribution in [0.3, 0.4) is 0 Å². The lowest BCUT2D eigenvalue weighted by molar-refractivity contribution is 0.112. The third-order valence-corrected chi connectivity index (χ3v) is 2.54. The van der Waals surface area contributed by atoms with Crippen LogP contribution in [-0.4, -0.2) is 26.3 Å². The summed E-state index contributed by atoms with van der Waals surface area (Å²) in [5.74, 6) is 1.74. The van der Waals surface area contributed by atoms with E-state index in [1.165, 1.54) is 32.2 Å². The van der Waals surface area contributed by atoms with Crippen molar-refractivity contribution in [3.05, 3.63) is 0 Å². The first-order valence-electron chi connectivity index (χ1n) is 6.07. The van der Waals surface area contributed by atoms with Gasteiger partial charge in [0.1, 0.15) is 0 Å². The minimum atomic E-state index is 0.657.